The van der Waals surface area contributed by atoms with Gasteiger partial charge < -0.3 is 24.8 Å². The number of carbonyl (C=O) groups excluding carboxylic acids is 3. The van der Waals surface area contributed by atoms with E-state index in [1.165, 1.54) is 0 Å². The summed E-state index contributed by atoms with van der Waals surface area (Å²) in [5.74, 6) is -2.32. The zero-order chi connectivity index (χ0) is 21.2. The molecule has 3 heterocycles. The van der Waals surface area contributed by atoms with Gasteiger partial charge in [0.25, 0.3) is 0 Å². The second-order valence-corrected chi connectivity index (χ2v) is 9.20. The van der Waals surface area contributed by atoms with Gasteiger partial charge in [-0.3, -0.25) is 14.4 Å². The second kappa shape index (κ2) is 9.31. The molecule has 164 valence electrons. The summed E-state index contributed by atoms with van der Waals surface area (Å²) < 4.78 is 11.5. The highest BCUT2D eigenvalue weighted by Gasteiger charge is 2.76. The number of fused-ring (bicyclic) bond motifs is 1. The van der Waals surface area contributed by atoms with Crippen molar-refractivity contribution < 1.29 is 29.0 Å². The molecule has 0 aromatic heterocycles. The molecule has 3 fully saturated rings. The van der Waals surface area contributed by atoms with Crippen LogP contribution in [-0.2, 0) is 23.9 Å². The Labute approximate surface area is 179 Å². The molecule has 3 aliphatic heterocycles. The predicted octanol–water partition coefficient (Wildman–Crippen LogP) is 0.986. The van der Waals surface area contributed by atoms with E-state index in [-0.39, 0.29) is 29.9 Å². The molecule has 0 aromatic rings. The van der Waals surface area contributed by atoms with Crippen molar-refractivity contribution >= 4 is 33.7 Å². The van der Waals surface area contributed by atoms with Gasteiger partial charge >= 0.3 is 5.97 Å². The minimum absolute atomic E-state index is 0.0253. The summed E-state index contributed by atoms with van der Waals surface area (Å²) in [7, 11) is 0. The van der Waals surface area contributed by atoms with Gasteiger partial charge in [0.2, 0.25) is 11.8 Å². The lowest BCUT2D eigenvalue weighted by Crippen LogP contribution is -2.56. The van der Waals surface area contributed by atoms with Crippen LogP contribution in [0, 0.1) is 11.8 Å². The number of halogens is 1. The van der Waals surface area contributed by atoms with E-state index in [2.05, 4.69) is 21.2 Å². The molecule has 3 aliphatic rings. The Bertz CT molecular complexity index is 646. The van der Waals surface area contributed by atoms with E-state index in [0.29, 0.717) is 32.4 Å². The van der Waals surface area contributed by atoms with Crippen LogP contribution in [-0.4, -0.2) is 76.7 Å². The molecular weight excluding hydrogens is 444 g/mol. The SMILES string of the molecule is CCCCNC(=O)C1N(CCCCO)C(=O)[C@@H]2[C@@H](C(=O)OCC)[C@@H]3OC12CC3Br. The van der Waals surface area contributed by atoms with Crippen LogP contribution in [0.15, 0.2) is 0 Å². The number of amides is 2. The van der Waals surface area contributed by atoms with Crippen LogP contribution in [0.25, 0.3) is 0 Å². The largest absolute Gasteiger partial charge is 0.466 e. The molecule has 1 spiro atoms. The Balaban J connectivity index is 1.92. The van der Waals surface area contributed by atoms with Crippen LogP contribution in [0.2, 0.25) is 0 Å². The van der Waals surface area contributed by atoms with Gasteiger partial charge in [-0.25, -0.2) is 0 Å². The van der Waals surface area contributed by atoms with Crippen LogP contribution in [0.3, 0.4) is 0 Å². The van der Waals surface area contributed by atoms with Gasteiger partial charge in [-0.05, 0) is 32.6 Å². The maximum Gasteiger partial charge on any atom is 0.312 e. The first-order valence-corrected chi connectivity index (χ1v) is 11.5. The number of likely N-dealkylation sites (tertiary alicyclic amines) is 1. The normalized spacial score (nSPS) is 35.1. The van der Waals surface area contributed by atoms with Gasteiger partial charge in [-0.15, -0.1) is 0 Å². The van der Waals surface area contributed by atoms with Gasteiger partial charge in [0, 0.05) is 24.5 Å². The van der Waals surface area contributed by atoms with Gasteiger partial charge in [0.05, 0.1) is 24.5 Å². The first kappa shape index (κ1) is 22.5. The molecule has 3 saturated heterocycles. The highest BCUT2D eigenvalue weighted by Crippen LogP contribution is 2.60. The van der Waals surface area contributed by atoms with Crippen molar-refractivity contribution in [3.8, 4) is 0 Å². The Morgan fingerprint density at radius 1 is 1.34 bits per heavy atom. The third-order valence-corrected chi connectivity index (χ3v) is 7.08. The van der Waals surface area contributed by atoms with Crippen LogP contribution in [0.1, 0.15) is 46.0 Å². The lowest BCUT2D eigenvalue weighted by atomic mass is 9.70. The number of nitrogens with zero attached hydrogens (tertiary/aromatic N) is 1. The molecular formula is C20H31BrN2O6. The second-order valence-electron chi connectivity index (χ2n) is 8.02. The number of aliphatic hydroxyl groups excluding tert-OH is 1. The van der Waals surface area contributed by atoms with Crippen molar-refractivity contribution in [2.75, 3.05) is 26.3 Å². The monoisotopic (exact) mass is 474 g/mol. The van der Waals surface area contributed by atoms with E-state index in [1.807, 2.05) is 6.92 Å². The number of aliphatic hydroxyl groups is 1. The van der Waals surface area contributed by atoms with Crippen LogP contribution in [0.4, 0.5) is 0 Å². The zero-order valence-electron chi connectivity index (χ0n) is 17.1. The number of carbonyl (C=O) groups is 3. The predicted molar refractivity (Wildman–Crippen MR) is 108 cm³/mol. The highest BCUT2D eigenvalue weighted by atomic mass is 79.9. The van der Waals surface area contributed by atoms with Gasteiger partial charge in [-0.1, -0.05) is 29.3 Å². The Kier molecular flexibility index (Phi) is 7.22. The summed E-state index contributed by atoms with van der Waals surface area (Å²) in [6.45, 7) is 4.91. The van der Waals surface area contributed by atoms with Gasteiger partial charge in [0.1, 0.15) is 11.6 Å². The standard InChI is InChI=1S/C20H31BrN2O6/c1-3-5-8-22-17(25)16-20-11-12(21)15(29-20)13(19(27)28-4-2)14(20)18(26)23(16)9-6-7-10-24/h12-16,24H,3-11H2,1-2H3,(H,22,25)/t12?,13-,14+,15-,16?,20?/m1/s1. The number of hydrogen-bond donors (Lipinski definition) is 2. The number of alkyl halides is 1. The minimum atomic E-state index is -1.02. The van der Waals surface area contributed by atoms with Crippen LogP contribution >= 0.6 is 15.9 Å². The summed E-state index contributed by atoms with van der Waals surface area (Å²) in [6, 6.07) is -0.778. The molecule has 2 amide bonds. The van der Waals surface area contributed by atoms with E-state index in [1.54, 1.807) is 11.8 Å². The zero-order valence-corrected chi connectivity index (χ0v) is 18.7. The fourth-order valence-corrected chi connectivity index (χ4v) is 6.00. The molecule has 0 aromatic carbocycles. The molecule has 9 heteroatoms. The number of rotatable bonds is 10. The molecule has 2 bridgehead atoms. The smallest absolute Gasteiger partial charge is 0.312 e. The van der Waals surface area contributed by atoms with Crippen molar-refractivity contribution in [2.45, 2.75) is 68.5 Å². The third kappa shape index (κ3) is 3.81. The average Bonchev–Trinajstić information content (AvgIpc) is 3.26. The molecule has 8 nitrogen and oxygen atoms in total. The number of esters is 1. The summed E-state index contributed by atoms with van der Waals surface area (Å²) in [4.78, 5) is 40.7. The summed E-state index contributed by atoms with van der Waals surface area (Å²) >= 11 is 3.60. The lowest BCUT2D eigenvalue weighted by Gasteiger charge is -2.34. The number of ether oxygens (including phenoxy) is 2. The molecule has 6 atom stereocenters. The Hall–Kier alpha value is -1.19. The molecule has 3 unspecified atom stereocenters. The van der Waals surface area contributed by atoms with Crippen molar-refractivity contribution in [1.29, 1.82) is 0 Å². The topological polar surface area (TPSA) is 105 Å². The fraction of sp³-hybridized carbons (Fsp3) is 0.850. The van der Waals surface area contributed by atoms with Crippen molar-refractivity contribution in [2.24, 2.45) is 11.8 Å². The lowest BCUT2D eigenvalue weighted by molar-refractivity contribution is -0.154. The van der Waals surface area contributed by atoms with Gasteiger partial charge in [0.15, 0.2) is 0 Å². The summed E-state index contributed by atoms with van der Waals surface area (Å²) in [6.07, 6.45) is 2.93. The fourth-order valence-electron chi connectivity index (χ4n) is 5.06. The highest BCUT2D eigenvalue weighted by molar-refractivity contribution is 9.09. The van der Waals surface area contributed by atoms with E-state index in [4.69, 9.17) is 14.6 Å². The van der Waals surface area contributed by atoms with E-state index in [0.717, 1.165) is 12.8 Å². The number of hydrogen-bond acceptors (Lipinski definition) is 6. The van der Waals surface area contributed by atoms with Crippen LogP contribution in [0.5, 0.6) is 0 Å². The molecule has 2 N–H and O–H groups in total. The number of nitrogens with one attached hydrogen (secondary N) is 1. The van der Waals surface area contributed by atoms with Crippen molar-refractivity contribution in [1.82, 2.24) is 10.2 Å². The average molecular weight is 475 g/mol. The summed E-state index contributed by atoms with van der Waals surface area (Å²) in [5, 5.41) is 12.1. The first-order valence-electron chi connectivity index (χ1n) is 10.6. The third-order valence-electron chi connectivity index (χ3n) is 6.23. The molecule has 3 rings (SSSR count). The molecule has 0 saturated carbocycles. The molecule has 0 aliphatic carbocycles. The molecule has 29 heavy (non-hydrogen) atoms. The maximum absolute atomic E-state index is 13.4. The van der Waals surface area contributed by atoms with Crippen molar-refractivity contribution in [3.63, 3.8) is 0 Å². The summed E-state index contributed by atoms with van der Waals surface area (Å²) in [5.41, 5.74) is -1.02. The van der Waals surface area contributed by atoms with Gasteiger partial charge in [-0.2, -0.15) is 0 Å². The van der Waals surface area contributed by atoms with Crippen LogP contribution < -0.4 is 5.32 Å². The molecule has 0 radical (unpaired) electrons. The Morgan fingerprint density at radius 3 is 2.76 bits per heavy atom. The number of unbranched alkanes of at least 4 members (excludes halogenated alkanes) is 2. The Morgan fingerprint density at radius 2 is 2.10 bits per heavy atom. The minimum Gasteiger partial charge on any atom is -0.466 e. The maximum atomic E-state index is 13.4. The first-order chi connectivity index (χ1) is 13.9. The van der Waals surface area contributed by atoms with Crippen molar-refractivity contribution in [3.05, 3.63) is 0 Å². The van der Waals surface area contributed by atoms with E-state index in [9.17, 15) is 14.4 Å². The quantitative estimate of drug-likeness (QED) is 0.277. The van der Waals surface area contributed by atoms with E-state index < -0.39 is 35.6 Å². The van der Waals surface area contributed by atoms with E-state index >= 15 is 0 Å².